The van der Waals surface area contributed by atoms with Crippen molar-refractivity contribution >= 4 is 23.2 Å². The third-order valence-corrected chi connectivity index (χ3v) is 6.40. The Morgan fingerprint density at radius 2 is 1.90 bits per heavy atom. The maximum atomic E-state index is 6.17. The largest absolute Gasteiger partial charge is 0.309 e. The molecule has 0 saturated carbocycles. The van der Waals surface area contributed by atoms with E-state index in [2.05, 4.69) is 29.3 Å². The molecule has 0 bridgehead atoms. The lowest BCUT2D eigenvalue weighted by Gasteiger charge is -2.22. The first-order valence-corrected chi connectivity index (χ1v) is 11.3. The molecule has 7 heteroatoms. The average molecular weight is 444 g/mol. The molecule has 1 atom stereocenters. The van der Waals surface area contributed by atoms with Gasteiger partial charge < -0.3 is 5.32 Å². The maximum Gasteiger partial charge on any atom is 0.117 e. The van der Waals surface area contributed by atoms with Gasteiger partial charge in [-0.1, -0.05) is 66.5 Å². The van der Waals surface area contributed by atoms with E-state index in [4.69, 9.17) is 33.4 Å². The molecular formula is C23H27Cl2N5. The summed E-state index contributed by atoms with van der Waals surface area (Å²) in [5.74, 6) is 0. The number of benzene rings is 2. The Hall–Kier alpha value is -1.92. The zero-order valence-corrected chi connectivity index (χ0v) is 18.7. The van der Waals surface area contributed by atoms with Gasteiger partial charge >= 0.3 is 0 Å². The second-order valence-electron chi connectivity index (χ2n) is 7.70. The topological polar surface area (TPSA) is 46.0 Å². The number of hydrogen-bond donors (Lipinski definition) is 1. The van der Waals surface area contributed by atoms with Gasteiger partial charge in [0.05, 0.1) is 16.6 Å². The highest BCUT2D eigenvalue weighted by Crippen LogP contribution is 2.24. The fourth-order valence-electron chi connectivity index (χ4n) is 4.09. The lowest BCUT2D eigenvalue weighted by molar-refractivity contribution is 0.259. The zero-order valence-electron chi connectivity index (χ0n) is 17.2. The second kappa shape index (κ2) is 9.92. The Morgan fingerprint density at radius 1 is 1.07 bits per heavy atom. The Kier molecular flexibility index (Phi) is 7.05. The highest BCUT2D eigenvalue weighted by molar-refractivity contribution is 6.42. The van der Waals surface area contributed by atoms with Crippen molar-refractivity contribution in [2.45, 2.75) is 38.9 Å². The molecule has 0 unspecified atom stereocenters. The van der Waals surface area contributed by atoms with Crippen LogP contribution in [0.5, 0.6) is 0 Å². The molecule has 4 rings (SSSR count). The number of likely N-dealkylation sites (N-methyl/N-ethyl adjacent to an activating group) is 1. The van der Waals surface area contributed by atoms with Crippen LogP contribution >= 0.6 is 23.2 Å². The van der Waals surface area contributed by atoms with Gasteiger partial charge in [-0.3, -0.25) is 4.90 Å². The first kappa shape index (κ1) is 21.3. The minimum atomic E-state index is 0.545. The Balaban J connectivity index is 1.51. The molecule has 2 aromatic carbocycles. The monoisotopic (exact) mass is 443 g/mol. The number of hydrogen-bond acceptors (Lipinski definition) is 4. The molecule has 1 saturated heterocycles. The predicted octanol–water partition coefficient (Wildman–Crippen LogP) is 4.87. The minimum absolute atomic E-state index is 0.545. The lowest BCUT2D eigenvalue weighted by Crippen LogP contribution is -2.37. The molecular weight excluding hydrogens is 417 g/mol. The molecule has 2 heterocycles. The van der Waals surface area contributed by atoms with Crippen molar-refractivity contribution < 1.29 is 0 Å². The molecule has 0 amide bonds. The van der Waals surface area contributed by atoms with Crippen LogP contribution < -0.4 is 5.32 Å². The molecule has 1 aromatic heterocycles. The van der Waals surface area contributed by atoms with Gasteiger partial charge in [0.2, 0.25) is 0 Å². The van der Waals surface area contributed by atoms with E-state index < -0.39 is 0 Å². The van der Waals surface area contributed by atoms with Gasteiger partial charge in [-0.2, -0.15) is 15.0 Å². The number of nitrogens with zero attached hydrogens (tertiary/aromatic N) is 4. The molecule has 0 spiro atoms. The molecule has 30 heavy (non-hydrogen) atoms. The fraction of sp³-hybridized carbons (Fsp3) is 0.391. The van der Waals surface area contributed by atoms with Crippen LogP contribution in [0.2, 0.25) is 10.0 Å². The summed E-state index contributed by atoms with van der Waals surface area (Å²) in [5, 5.41) is 14.3. The predicted molar refractivity (Wildman–Crippen MR) is 123 cm³/mol. The van der Waals surface area contributed by atoms with Crippen molar-refractivity contribution in [3.8, 4) is 11.3 Å². The second-order valence-corrected chi connectivity index (χ2v) is 8.51. The third kappa shape index (κ3) is 5.03. The van der Waals surface area contributed by atoms with Crippen LogP contribution in [0.25, 0.3) is 11.3 Å². The van der Waals surface area contributed by atoms with Gasteiger partial charge in [0.1, 0.15) is 11.4 Å². The summed E-state index contributed by atoms with van der Waals surface area (Å²) in [4.78, 5) is 4.29. The lowest BCUT2D eigenvalue weighted by atomic mass is 10.1. The van der Waals surface area contributed by atoms with Crippen molar-refractivity contribution in [1.82, 2.24) is 25.2 Å². The van der Waals surface area contributed by atoms with Crippen molar-refractivity contribution in [2.75, 3.05) is 19.6 Å². The third-order valence-electron chi connectivity index (χ3n) is 5.66. The summed E-state index contributed by atoms with van der Waals surface area (Å²) >= 11 is 12.2. The van der Waals surface area contributed by atoms with Crippen molar-refractivity contribution in [3.63, 3.8) is 0 Å². The molecule has 1 fully saturated rings. The molecule has 0 radical (unpaired) electrons. The summed E-state index contributed by atoms with van der Waals surface area (Å²) in [7, 11) is 0. The number of likely N-dealkylation sites (tertiary alicyclic amines) is 1. The van der Waals surface area contributed by atoms with E-state index in [1.807, 2.05) is 36.4 Å². The quantitative estimate of drug-likeness (QED) is 0.538. The molecule has 3 aromatic rings. The first-order valence-electron chi connectivity index (χ1n) is 10.5. The van der Waals surface area contributed by atoms with Crippen LogP contribution in [0.15, 0.2) is 48.5 Å². The van der Waals surface area contributed by atoms with E-state index in [1.54, 1.807) is 4.80 Å². The number of rotatable bonds is 8. The van der Waals surface area contributed by atoms with E-state index in [0.29, 0.717) is 29.2 Å². The van der Waals surface area contributed by atoms with Crippen molar-refractivity contribution in [1.29, 1.82) is 0 Å². The Bertz CT molecular complexity index is 973. The van der Waals surface area contributed by atoms with E-state index in [0.717, 1.165) is 35.6 Å². The molecule has 158 valence electrons. The van der Waals surface area contributed by atoms with Crippen LogP contribution in [-0.2, 0) is 13.1 Å². The van der Waals surface area contributed by atoms with Gasteiger partial charge in [-0.15, -0.1) is 0 Å². The SMILES string of the molecule is CCN1CCC[C@H]1CNCc1nn(Cc2ccc(Cl)c(Cl)c2)nc1-c1ccccc1. The van der Waals surface area contributed by atoms with E-state index in [-0.39, 0.29) is 0 Å². The van der Waals surface area contributed by atoms with Crippen molar-refractivity contribution in [3.05, 3.63) is 69.8 Å². The maximum absolute atomic E-state index is 6.17. The van der Waals surface area contributed by atoms with Crippen LogP contribution in [0, 0.1) is 0 Å². The summed E-state index contributed by atoms with van der Waals surface area (Å²) < 4.78 is 0. The number of nitrogens with one attached hydrogen (secondary N) is 1. The average Bonchev–Trinajstić information content (AvgIpc) is 3.38. The van der Waals surface area contributed by atoms with Crippen LogP contribution in [0.1, 0.15) is 31.0 Å². The highest BCUT2D eigenvalue weighted by atomic mass is 35.5. The standard InChI is InChI=1S/C23H27Cl2N5/c1-2-29-12-6-9-19(29)14-26-15-22-23(18-7-4-3-5-8-18)28-30(27-22)16-17-10-11-20(24)21(25)13-17/h3-5,7-8,10-11,13,19,26H,2,6,9,12,14-16H2,1H3/t19-/m0/s1. The Labute approximate surface area is 188 Å². The summed E-state index contributed by atoms with van der Waals surface area (Å²) in [6.45, 7) is 6.77. The van der Waals surface area contributed by atoms with Gasteiger partial charge in [0.15, 0.2) is 0 Å². The van der Waals surface area contributed by atoms with E-state index in [1.165, 1.54) is 19.4 Å². The van der Waals surface area contributed by atoms with Crippen LogP contribution in [0.3, 0.4) is 0 Å². The van der Waals surface area contributed by atoms with Gasteiger partial charge in [0, 0.05) is 24.7 Å². The molecule has 5 nitrogen and oxygen atoms in total. The molecule has 0 aliphatic carbocycles. The number of halogens is 2. The normalized spacial score (nSPS) is 17.0. The van der Waals surface area contributed by atoms with E-state index >= 15 is 0 Å². The van der Waals surface area contributed by atoms with Gasteiger partial charge in [-0.25, -0.2) is 0 Å². The fourth-order valence-corrected chi connectivity index (χ4v) is 4.41. The smallest absolute Gasteiger partial charge is 0.117 e. The Morgan fingerprint density at radius 3 is 2.67 bits per heavy atom. The number of aromatic nitrogens is 3. The van der Waals surface area contributed by atoms with Gasteiger partial charge in [0.25, 0.3) is 0 Å². The van der Waals surface area contributed by atoms with Crippen LogP contribution in [-0.4, -0.2) is 45.6 Å². The first-order chi connectivity index (χ1) is 14.6. The highest BCUT2D eigenvalue weighted by Gasteiger charge is 2.22. The summed E-state index contributed by atoms with van der Waals surface area (Å²) in [6.07, 6.45) is 2.55. The van der Waals surface area contributed by atoms with Crippen molar-refractivity contribution in [2.24, 2.45) is 0 Å². The molecule has 1 aliphatic heterocycles. The van der Waals surface area contributed by atoms with Gasteiger partial charge in [-0.05, 0) is 43.6 Å². The van der Waals surface area contributed by atoms with E-state index in [9.17, 15) is 0 Å². The summed E-state index contributed by atoms with van der Waals surface area (Å²) in [6, 6.07) is 16.5. The molecule has 1 N–H and O–H groups in total. The molecule has 1 aliphatic rings. The zero-order chi connectivity index (χ0) is 20.9. The van der Waals surface area contributed by atoms with Crippen LogP contribution in [0.4, 0.5) is 0 Å². The summed E-state index contributed by atoms with van der Waals surface area (Å²) in [5.41, 5.74) is 3.97. The minimum Gasteiger partial charge on any atom is -0.309 e.